The SMILES string of the molecule is C[C@H](NC(=O)[C@@H]1CCCCN1)C(=O)OCc1ccccc1. The molecule has 0 unspecified atom stereocenters. The van der Waals surface area contributed by atoms with Crippen LogP contribution in [0.1, 0.15) is 31.7 Å². The van der Waals surface area contributed by atoms with Crippen LogP contribution in [0, 0.1) is 0 Å². The third kappa shape index (κ3) is 4.86. The second-order valence-corrected chi connectivity index (χ2v) is 5.33. The molecule has 0 saturated carbocycles. The molecule has 5 heteroatoms. The lowest BCUT2D eigenvalue weighted by molar-refractivity contribution is -0.148. The summed E-state index contributed by atoms with van der Waals surface area (Å²) in [7, 11) is 0. The lowest BCUT2D eigenvalue weighted by atomic mass is 10.0. The number of rotatable bonds is 5. The maximum absolute atomic E-state index is 12.0. The third-order valence-electron chi connectivity index (χ3n) is 3.56. The van der Waals surface area contributed by atoms with Crippen molar-refractivity contribution in [1.82, 2.24) is 10.6 Å². The van der Waals surface area contributed by atoms with E-state index in [0.717, 1.165) is 31.4 Å². The van der Waals surface area contributed by atoms with Gasteiger partial charge in [-0.1, -0.05) is 36.8 Å². The molecule has 2 atom stereocenters. The summed E-state index contributed by atoms with van der Waals surface area (Å²) in [5.74, 6) is -0.540. The number of amides is 1. The van der Waals surface area contributed by atoms with E-state index in [-0.39, 0.29) is 18.6 Å². The Hall–Kier alpha value is -1.88. The van der Waals surface area contributed by atoms with Gasteiger partial charge < -0.3 is 15.4 Å². The Morgan fingerprint density at radius 2 is 2.10 bits per heavy atom. The van der Waals surface area contributed by atoms with Crippen molar-refractivity contribution in [3.8, 4) is 0 Å². The normalized spacial score (nSPS) is 19.6. The molecule has 5 nitrogen and oxygen atoms in total. The molecule has 21 heavy (non-hydrogen) atoms. The molecule has 0 aromatic heterocycles. The predicted octanol–water partition coefficient (Wildman–Crippen LogP) is 1.38. The Morgan fingerprint density at radius 1 is 1.33 bits per heavy atom. The van der Waals surface area contributed by atoms with Crippen molar-refractivity contribution in [3.05, 3.63) is 35.9 Å². The largest absolute Gasteiger partial charge is 0.459 e. The molecule has 1 amide bonds. The zero-order valence-electron chi connectivity index (χ0n) is 12.3. The number of ether oxygens (including phenoxy) is 1. The van der Waals surface area contributed by atoms with E-state index in [1.807, 2.05) is 30.3 Å². The summed E-state index contributed by atoms with van der Waals surface area (Å²) in [5.41, 5.74) is 0.929. The van der Waals surface area contributed by atoms with Gasteiger partial charge in [-0.3, -0.25) is 4.79 Å². The standard InChI is InChI=1S/C16H22N2O3/c1-12(18-15(19)14-9-5-6-10-17-14)16(20)21-11-13-7-3-2-4-8-13/h2-4,7-8,12,14,17H,5-6,9-11H2,1H3,(H,18,19)/t12-,14-/m0/s1. The Morgan fingerprint density at radius 3 is 2.76 bits per heavy atom. The number of benzene rings is 1. The second-order valence-electron chi connectivity index (χ2n) is 5.33. The van der Waals surface area contributed by atoms with Gasteiger partial charge in [-0.05, 0) is 31.9 Å². The average Bonchev–Trinajstić information content (AvgIpc) is 2.54. The monoisotopic (exact) mass is 290 g/mol. The molecule has 1 aliphatic rings. The highest BCUT2D eigenvalue weighted by atomic mass is 16.5. The van der Waals surface area contributed by atoms with Crippen molar-refractivity contribution in [2.24, 2.45) is 0 Å². The van der Waals surface area contributed by atoms with Crippen molar-refractivity contribution in [1.29, 1.82) is 0 Å². The lowest BCUT2D eigenvalue weighted by Crippen LogP contribution is -2.51. The van der Waals surface area contributed by atoms with Crippen molar-refractivity contribution in [3.63, 3.8) is 0 Å². The van der Waals surface area contributed by atoms with Crippen LogP contribution in [0.25, 0.3) is 0 Å². The van der Waals surface area contributed by atoms with Gasteiger partial charge in [0.2, 0.25) is 5.91 Å². The number of esters is 1. The molecule has 114 valence electrons. The van der Waals surface area contributed by atoms with Gasteiger partial charge in [-0.25, -0.2) is 4.79 Å². The number of nitrogens with one attached hydrogen (secondary N) is 2. The summed E-state index contributed by atoms with van der Waals surface area (Å²) in [5, 5.41) is 5.87. The molecule has 1 aromatic carbocycles. The zero-order chi connectivity index (χ0) is 15.1. The second kappa shape index (κ2) is 7.78. The maximum atomic E-state index is 12.0. The van der Waals surface area contributed by atoms with E-state index in [4.69, 9.17) is 4.74 Å². The van der Waals surface area contributed by atoms with Gasteiger partial charge in [0.05, 0.1) is 6.04 Å². The van der Waals surface area contributed by atoms with Crippen LogP contribution in [0.5, 0.6) is 0 Å². The summed E-state index contributed by atoms with van der Waals surface area (Å²) < 4.78 is 5.20. The molecule has 0 aliphatic carbocycles. The molecule has 2 N–H and O–H groups in total. The first-order chi connectivity index (χ1) is 10.2. The lowest BCUT2D eigenvalue weighted by Gasteiger charge is -2.24. The minimum Gasteiger partial charge on any atom is -0.459 e. The number of hydrogen-bond donors (Lipinski definition) is 2. The van der Waals surface area contributed by atoms with Gasteiger partial charge >= 0.3 is 5.97 Å². The van der Waals surface area contributed by atoms with Crippen LogP contribution in [0.3, 0.4) is 0 Å². The molecular weight excluding hydrogens is 268 g/mol. The van der Waals surface area contributed by atoms with E-state index < -0.39 is 12.0 Å². The van der Waals surface area contributed by atoms with Crippen molar-refractivity contribution in [2.45, 2.75) is 44.9 Å². The molecule has 0 spiro atoms. The molecular formula is C16H22N2O3. The fourth-order valence-corrected chi connectivity index (χ4v) is 2.30. The third-order valence-corrected chi connectivity index (χ3v) is 3.56. The Kier molecular flexibility index (Phi) is 5.75. The zero-order valence-corrected chi connectivity index (χ0v) is 12.3. The van der Waals surface area contributed by atoms with Crippen LogP contribution >= 0.6 is 0 Å². The summed E-state index contributed by atoms with van der Waals surface area (Å²) >= 11 is 0. The van der Waals surface area contributed by atoms with Crippen molar-refractivity contribution >= 4 is 11.9 Å². The van der Waals surface area contributed by atoms with E-state index in [1.54, 1.807) is 6.92 Å². The van der Waals surface area contributed by atoms with E-state index in [2.05, 4.69) is 10.6 Å². The molecule has 1 aliphatic heterocycles. The number of piperidine rings is 1. The molecule has 0 bridgehead atoms. The molecule has 1 fully saturated rings. The summed E-state index contributed by atoms with van der Waals surface area (Å²) in [4.78, 5) is 23.9. The molecule has 0 radical (unpaired) electrons. The van der Waals surface area contributed by atoms with E-state index in [9.17, 15) is 9.59 Å². The van der Waals surface area contributed by atoms with Crippen LogP contribution in [0.2, 0.25) is 0 Å². The van der Waals surface area contributed by atoms with Gasteiger partial charge in [-0.2, -0.15) is 0 Å². The number of carbonyl (C=O) groups excluding carboxylic acids is 2. The van der Waals surface area contributed by atoms with Crippen LogP contribution in [0.4, 0.5) is 0 Å². The molecule has 2 rings (SSSR count). The van der Waals surface area contributed by atoms with E-state index in [0.29, 0.717) is 0 Å². The quantitative estimate of drug-likeness (QED) is 0.804. The predicted molar refractivity (Wildman–Crippen MR) is 79.5 cm³/mol. The maximum Gasteiger partial charge on any atom is 0.328 e. The molecule has 1 heterocycles. The Bertz CT molecular complexity index is 470. The van der Waals surface area contributed by atoms with E-state index >= 15 is 0 Å². The van der Waals surface area contributed by atoms with Crippen molar-refractivity contribution < 1.29 is 14.3 Å². The van der Waals surface area contributed by atoms with Crippen LogP contribution in [-0.4, -0.2) is 30.5 Å². The molecule has 1 aromatic rings. The summed E-state index contributed by atoms with van der Waals surface area (Å²) in [6.45, 7) is 2.72. The average molecular weight is 290 g/mol. The van der Waals surface area contributed by atoms with Gasteiger partial charge in [0.25, 0.3) is 0 Å². The van der Waals surface area contributed by atoms with Gasteiger partial charge in [-0.15, -0.1) is 0 Å². The minimum atomic E-state index is -0.634. The smallest absolute Gasteiger partial charge is 0.328 e. The van der Waals surface area contributed by atoms with E-state index in [1.165, 1.54) is 0 Å². The van der Waals surface area contributed by atoms with Crippen molar-refractivity contribution in [2.75, 3.05) is 6.54 Å². The van der Waals surface area contributed by atoms with Gasteiger partial charge in [0, 0.05) is 0 Å². The van der Waals surface area contributed by atoms with Crippen LogP contribution in [-0.2, 0) is 20.9 Å². The first-order valence-corrected chi connectivity index (χ1v) is 7.41. The van der Waals surface area contributed by atoms with Crippen LogP contribution < -0.4 is 10.6 Å². The van der Waals surface area contributed by atoms with Crippen LogP contribution in [0.15, 0.2) is 30.3 Å². The highest BCUT2D eigenvalue weighted by Gasteiger charge is 2.24. The Balaban J connectivity index is 1.75. The first kappa shape index (κ1) is 15.5. The Labute approximate surface area is 125 Å². The highest BCUT2D eigenvalue weighted by molar-refractivity contribution is 5.87. The first-order valence-electron chi connectivity index (χ1n) is 7.41. The highest BCUT2D eigenvalue weighted by Crippen LogP contribution is 2.07. The summed E-state index contributed by atoms with van der Waals surface area (Å²) in [6.07, 6.45) is 2.95. The van der Waals surface area contributed by atoms with Gasteiger partial charge in [0.1, 0.15) is 12.6 Å². The topological polar surface area (TPSA) is 67.4 Å². The summed E-state index contributed by atoms with van der Waals surface area (Å²) in [6, 6.07) is 8.65. The minimum absolute atomic E-state index is 0.126. The fourth-order valence-electron chi connectivity index (χ4n) is 2.30. The number of carbonyl (C=O) groups is 2. The molecule has 1 saturated heterocycles. The van der Waals surface area contributed by atoms with Gasteiger partial charge in [0.15, 0.2) is 0 Å². The number of hydrogen-bond acceptors (Lipinski definition) is 4. The fraction of sp³-hybridized carbons (Fsp3) is 0.500.